The normalized spacial score (nSPS) is 18.9. The van der Waals surface area contributed by atoms with E-state index in [1.54, 1.807) is 18.0 Å². The van der Waals surface area contributed by atoms with Gasteiger partial charge < -0.3 is 10.2 Å². The van der Waals surface area contributed by atoms with Crippen molar-refractivity contribution >= 4 is 23.6 Å². The van der Waals surface area contributed by atoms with Crippen LogP contribution in [0.15, 0.2) is 6.20 Å². The summed E-state index contributed by atoms with van der Waals surface area (Å²) in [6.07, 6.45) is 2.66. The zero-order valence-corrected chi connectivity index (χ0v) is 11.9. The van der Waals surface area contributed by atoms with Crippen molar-refractivity contribution in [2.45, 2.75) is 33.2 Å². The largest absolute Gasteiger partial charge is 0.354 e. The number of hydrogen-bond acceptors (Lipinski definition) is 6. The lowest BCUT2D eigenvalue weighted by atomic mass is 10.2. The number of rotatable bonds is 4. The third-order valence-electron chi connectivity index (χ3n) is 3.17. The number of piperazine rings is 1. The summed E-state index contributed by atoms with van der Waals surface area (Å²) < 4.78 is 0. The third-order valence-corrected chi connectivity index (χ3v) is 3.17. The van der Waals surface area contributed by atoms with E-state index in [0.29, 0.717) is 11.8 Å². The summed E-state index contributed by atoms with van der Waals surface area (Å²) in [6.45, 7) is 6.57. The van der Waals surface area contributed by atoms with Crippen LogP contribution in [0.5, 0.6) is 0 Å². The molecule has 0 bridgehead atoms. The molecule has 0 aliphatic carbocycles. The number of aromatic nitrogens is 2. The van der Waals surface area contributed by atoms with Crippen LogP contribution >= 0.6 is 0 Å². The molecule has 2 N–H and O–H groups in total. The minimum absolute atomic E-state index is 0.123. The lowest BCUT2D eigenvalue weighted by molar-refractivity contribution is -0.132. The molecule has 2 amide bonds. The predicted molar refractivity (Wildman–Crippen MR) is 75.5 cm³/mol. The molecule has 0 spiro atoms. The molecule has 2 rings (SSSR count). The van der Waals surface area contributed by atoms with Gasteiger partial charge in [0.15, 0.2) is 0 Å². The number of anilines is 2. The SMILES string of the molecule is CCCNc1ncc(C)c(N2CC(=O)NC(=O)C2C)n1. The molecule has 1 aromatic heterocycles. The van der Waals surface area contributed by atoms with E-state index in [4.69, 9.17) is 0 Å². The lowest BCUT2D eigenvalue weighted by Crippen LogP contribution is -2.57. The van der Waals surface area contributed by atoms with Crippen molar-refractivity contribution in [2.75, 3.05) is 23.3 Å². The van der Waals surface area contributed by atoms with Crippen molar-refractivity contribution in [2.24, 2.45) is 0 Å². The lowest BCUT2D eigenvalue weighted by Gasteiger charge is -2.33. The van der Waals surface area contributed by atoms with Gasteiger partial charge >= 0.3 is 0 Å². The fraction of sp³-hybridized carbons (Fsp3) is 0.538. The molecule has 1 aromatic rings. The molecule has 1 aliphatic heterocycles. The Labute approximate surface area is 117 Å². The quantitative estimate of drug-likeness (QED) is 0.777. The summed E-state index contributed by atoms with van der Waals surface area (Å²) in [5.74, 6) is 0.517. The Hall–Kier alpha value is -2.18. The van der Waals surface area contributed by atoms with Gasteiger partial charge in [-0.3, -0.25) is 14.9 Å². The maximum atomic E-state index is 11.7. The van der Waals surface area contributed by atoms with Crippen LogP contribution < -0.4 is 15.5 Å². The molecule has 1 fully saturated rings. The van der Waals surface area contributed by atoms with Crippen LogP contribution in [0.1, 0.15) is 25.8 Å². The molecular formula is C13H19N5O2. The van der Waals surface area contributed by atoms with Gasteiger partial charge in [-0.2, -0.15) is 4.98 Å². The summed E-state index contributed by atoms with van der Waals surface area (Å²) in [7, 11) is 0. The average Bonchev–Trinajstić information content (AvgIpc) is 2.42. The highest BCUT2D eigenvalue weighted by atomic mass is 16.2. The molecule has 0 aromatic carbocycles. The number of nitrogens with one attached hydrogen (secondary N) is 2. The number of aryl methyl sites for hydroxylation is 1. The Kier molecular flexibility index (Phi) is 4.16. The minimum atomic E-state index is -0.430. The molecular weight excluding hydrogens is 258 g/mol. The van der Waals surface area contributed by atoms with E-state index in [2.05, 4.69) is 27.5 Å². The number of nitrogens with zero attached hydrogens (tertiary/aromatic N) is 3. The van der Waals surface area contributed by atoms with Crippen molar-refractivity contribution in [3.05, 3.63) is 11.8 Å². The van der Waals surface area contributed by atoms with Crippen molar-refractivity contribution in [1.82, 2.24) is 15.3 Å². The van der Waals surface area contributed by atoms with Gasteiger partial charge in [-0.15, -0.1) is 0 Å². The Morgan fingerprint density at radius 2 is 2.25 bits per heavy atom. The predicted octanol–water partition coefficient (Wildman–Crippen LogP) is 0.458. The molecule has 0 saturated carbocycles. The summed E-state index contributed by atoms with van der Waals surface area (Å²) in [5.41, 5.74) is 0.835. The molecule has 1 saturated heterocycles. The van der Waals surface area contributed by atoms with Crippen LogP contribution in [-0.4, -0.2) is 40.9 Å². The molecule has 1 aliphatic rings. The minimum Gasteiger partial charge on any atom is -0.354 e. The van der Waals surface area contributed by atoms with E-state index in [1.807, 2.05) is 6.92 Å². The first-order valence-corrected chi connectivity index (χ1v) is 6.70. The molecule has 1 atom stereocenters. The highest BCUT2D eigenvalue weighted by molar-refractivity contribution is 6.04. The van der Waals surface area contributed by atoms with Gasteiger partial charge in [0.1, 0.15) is 11.9 Å². The average molecular weight is 277 g/mol. The topological polar surface area (TPSA) is 87.2 Å². The van der Waals surface area contributed by atoms with Gasteiger partial charge in [0, 0.05) is 18.3 Å². The molecule has 7 heteroatoms. The van der Waals surface area contributed by atoms with Crippen LogP contribution in [-0.2, 0) is 9.59 Å². The number of carbonyl (C=O) groups is 2. The zero-order valence-electron chi connectivity index (χ0n) is 11.9. The van der Waals surface area contributed by atoms with E-state index in [-0.39, 0.29) is 18.4 Å². The summed E-state index contributed by atoms with van der Waals surface area (Å²) >= 11 is 0. The Balaban J connectivity index is 2.30. The molecule has 7 nitrogen and oxygen atoms in total. The molecule has 2 heterocycles. The highest BCUT2D eigenvalue weighted by Gasteiger charge is 2.32. The Morgan fingerprint density at radius 1 is 1.50 bits per heavy atom. The fourth-order valence-corrected chi connectivity index (χ4v) is 2.02. The van der Waals surface area contributed by atoms with Crippen LogP contribution in [0, 0.1) is 6.92 Å². The monoisotopic (exact) mass is 277 g/mol. The maximum Gasteiger partial charge on any atom is 0.249 e. The standard InChI is InChI=1S/C13H19N5O2/c1-4-5-14-13-15-6-8(2)11(17-13)18-7-10(19)16-12(20)9(18)3/h6,9H,4-5,7H2,1-3H3,(H,14,15,17)(H,16,19,20). The van der Waals surface area contributed by atoms with E-state index < -0.39 is 6.04 Å². The van der Waals surface area contributed by atoms with E-state index in [0.717, 1.165) is 18.5 Å². The van der Waals surface area contributed by atoms with Gasteiger partial charge in [-0.25, -0.2) is 4.98 Å². The van der Waals surface area contributed by atoms with Crippen LogP contribution in [0.2, 0.25) is 0 Å². The van der Waals surface area contributed by atoms with E-state index >= 15 is 0 Å². The summed E-state index contributed by atoms with van der Waals surface area (Å²) in [5, 5.41) is 5.42. The van der Waals surface area contributed by atoms with E-state index in [9.17, 15) is 9.59 Å². The van der Waals surface area contributed by atoms with Crippen molar-refractivity contribution in [1.29, 1.82) is 0 Å². The van der Waals surface area contributed by atoms with E-state index in [1.165, 1.54) is 0 Å². The second-order valence-corrected chi connectivity index (χ2v) is 4.84. The maximum absolute atomic E-state index is 11.7. The number of imide groups is 1. The zero-order chi connectivity index (χ0) is 14.7. The van der Waals surface area contributed by atoms with Gasteiger partial charge in [-0.1, -0.05) is 6.92 Å². The second-order valence-electron chi connectivity index (χ2n) is 4.84. The number of carbonyl (C=O) groups excluding carboxylic acids is 2. The van der Waals surface area contributed by atoms with Crippen LogP contribution in [0.4, 0.5) is 11.8 Å². The third kappa shape index (κ3) is 2.87. The van der Waals surface area contributed by atoms with Gasteiger partial charge in [0.25, 0.3) is 0 Å². The fourth-order valence-electron chi connectivity index (χ4n) is 2.02. The Morgan fingerprint density at radius 3 is 2.95 bits per heavy atom. The smallest absolute Gasteiger partial charge is 0.249 e. The van der Waals surface area contributed by atoms with Gasteiger partial charge in [-0.05, 0) is 20.3 Å². The number of hydrogen-bond donors (Lipinski definition) is 2. The van der Waals surface area contributed by atoms with Gasteiger partial charge in [0.05, 0.1) is 6.54 Å². The Bertz CT molecular complexity index is 531. The molecule has 0 radical (unpaired) electrons. The van der Waals surface area contributed by atoms with Crippen molar-refractivity contribution < 1.29 is 9.59 Å². The van der Waals surface area contributed by atoms with Crippen molar-refractivity contribution in [3.63, 3.8) is 0 Å². The van der Waals surface area contributed by atoms with Crippen LogP contribution in [0.3, 0.4) is 0 Å². The first-order chi connectivity index (χ1) is 9.52. The number of amides is 2. The molecule has 20 heavy (non-hydrogen) atoms. The molecule has 1 unspecified atom stereocenters. The first-order valence-electron chi connectivity index (χ1n) is 6.70. The highest BCUT2D eigenvalue weighted by Crippen LogP contribution is 2.21. The first kappa shape index (κ1) is 14.2. The summed E-state index contributed by atoms with van der Waals surface area (Å²) in [6, 6.07) is -0.430. The van der Waals surface area contributed by atoms with Crippen LogP contribution in [0.25, 0.3) is 0 Å². The summed E-state index contributed by atoms with van der Waals surface area (Å²) in [4.78, 5) is 33.6. The second kappa shape index (κ2) is 5.85. The molecule has 108 valence electrons. The van der Waals surface area contributed by atoms with Crippen molar-refractivity contribution in [3.8, 4) is 0 Å². The van der Waals surface area contributed by atoms with Gasteiger partial charge in [0.2, 0.25) is 17.8 Å².